The summed E-state index contributed by atoms with van der Waals surface area (Å²) in [6.07, 6.45) is 0. The van der Waals surface area contributed by atoms with Crippen LogP contribution in [0, 0.1) is 0 Å². The molecule has 0 fully saturated rings. The van der Waals surface area contributed by atoms with Crippen LogP contribution in [0.2, 0.25) is 10.0 Å². The number of carbonyl (C=O) groups excluding carboxylic acids is 1. The number of carbonyl (C=O) groups is 1. The number of aliphatic hydroxyl groups excluding tert-OH is 1. The molecule has 0 aromatic heterocycles. The Morgan fingerprint density at radius 3 is 2.33 bits per heavy atom. The summed E-state index contributed by atoms with van der Waals surface area (Å²) < 4.78 is 5.01. The number of rotatable bonds is 4. The van der Waals surface area contributed by atoms with Crippen LogP contribution < -0.4 is 4.74 Å². The molecule has 0 aliphatic heterocycles. The van der Waals surface area contributed by atoms with Gasteiger partial charge in [0.15, 0.2) is 5.75 Å². The molecule has 100 valence electrons. The lowest BCUT2D eigenvalue weighted by Gasteiger charge is -2.23. The predicted molar refractivity (Wildman–Crippen MR) is 71.7 cm³/mol. The number of methoxy groups -OCH3 is 1. The van der Waals surface area contributed by atoms with E-state index < -0.39 is 0 Å². The third-order valence-corrected chi connectivity index (χ3v) is 3.26. The van der Waals surface area contributed by atoms with Crippen molar-refractivity contribution in [1.29, 1.82) is 0 Å². The summed E-state index contributed by atoms with van der Waals surface area (Å²) in [6, 6.07) is 2.71. The van der Waals surface area contributed by atoms with Gasteiger partial charge in [-0.15, -0.1) is 0 Å². The summed E-state index contributed by atoms with van der Waals surface area (Å²) in [7, 11) is 3.06. The fourth-order valence-electron chi connectivity index (χ4n) is 1.40. The van der Waals surface area contributed by atoms with Gasteiger partial charge in [-0.1, -0.05) is 23.2 Å². The van der Waals surface area contributed by atoms with E-state index in [-0.39, 0.29) is 28.6 Å². The number of likely N-dealkylation sites (N-methyl/N-ethyl adjacent to an activating group) is 1. The minimum absolute atomic E-state index is 0.111. The van der Waals surface area contributed by atoms with Crippen LogP contribution in [0.1, 0.15) is 17.3 Å². The fraction of sp³-hybridized carbons (Fsp3) is 0.417. The highest BCUT2D eigenvalue weighted by atomic mass is 35.5. The fourth-order valence-corrected chi connectivity index (χ4v) is 2.05. The van der Waals surface area contributed by atoms with Gasteiger partial charge in [0.1, 0.15) is 0 Å². The SMILES string of the molecule is COc1c(Cl)cc(C(=O)N(C)C(C)CO)cc1Cl. The third-order valence-electron chi connectivity index (χ3n) is 2.70. The maximum atomic E-state index is 12.1. The van der Waals surface area contributed by atoms with Gasteiger partial charge in [0, 0.05) is 12.6 Å². The van der Waals surface area contributed by atoms with E-state index in [2.05, 4.69) is 0 Å². The maximum absolute atomic E-state index is 12.1. The Balaban J connectivity index is 3.08. The number of nitrogens with zero attached hydrogens (tertiary/aromatic N) is 1. The highest BCUT2D eigenvalue weighted by Gasteiger charge is 2.19. The molecule has 4 nitrogen and oxygen atoms in total. The van der Waals surface area contributed by atoms with Crippen LogP contribution in [-0.2, 0) is 0 Å². The first kappa shape index (κ1) is 15.1. The Kier molecular flexibility index (Phi) is 5.26. The Morgan fingerprint density at radius 2 is 1.94 bits per heavy atom. The monoisotopic (exact) mass is 291 g/mol. The van der Waals surface area contributed by atoms with Gasteiger partial charge in [0.2, 0.25) is 0 Å². The summed E-state index contributed by atoms with van der Waals surface area (Å²) >= 11 is 11.9. The van der Waals surface area contributed by atoms with Crippen LogP contribution in [0.4, 0.5) is 0 Å². The lowest BCUT2D eigenvalue weighted by molar-refractivity contribution is 0.0682. The maximum Gasteiger partial charge on any atom is 0.254 e. The van der Waals surface area contributed by atoms with Crippen molar-refractivity contribution in [1.82, 2.24) is 4.90 Å². The number of hydrogen-bond donors (Lipinski definition) is 1. The largest absolute Gasteiger partial charge is 0.494 e. The molecule has 0 spiro atoms. The van der Waals surface area contributed by atoms with E-state index in [1.165, 1.54) is 24.1 Å². The Labute approximate surface area is 116 Å². The predicted octanol–water partition coefficient (Wildman–Crippen LogP) is 2.45. The topological polar surface area (TPSA) is 49.8 Å². The van der Waals surface area contributed by atoms with Crippen molar-refractivity contribution in [2.45, 2.75) is 13.0 Å². The van der Waals surface area contributed by atoms with E-state index in [0.29, 0.717) is 11.3 Å². The minimum Gasteiger partial charge on any atom is -0.494 e. The molecule has 0 aliphatic carbocycles. The van der Waals surface area contributed by atoms with Crippen molar-refractivity contribution in [3.8, 4) is 5.75 Å². The van der Waals surface area contributed by atoms with Crippen molar-refractivity contribution >= 4 is 29.1 Å². The van der Waals surface area contributed by atoms with Gasteiger partial charge in [-0.2, -0.15) is 0 Å². The van der Waals surface area contributed by atoms with Crippen molar-refractivity contribution in [3.63, 3.8) is 0 Å². The number of halogens is 2. The highest BCUT2D eigenvalue weighted by Crippen LogP contribution is 2.34. The molecule has 1 atom stereocenters. The molecular weight excluding hydrogens is 277 g/mol. The molecule has 0 heterocycles. The lowest BCUT2D eigenvalue weighted by Crippen LogP contribution is -2.37. The average Bonchev–Trinajstić information content (AvgIpc) is 2.35. The van der Waals surface area contributed by atoms with E-state index in [1.807, 2.05) is 0 Å². The van der Waals surface area contributed by atoms with Gasteiger partial charge in [0.25, 0.3) is 5.91 Å². The number of benzene rings is 1. The normalized spacial score (nSPS) is 12.1. The number of amides is 1. The Hall–Kier alpha value is -0.970. The Morgan fingerprint density at radius 1 is 1.44 bits per heavy atom. The summed E-state index contributed by atoms with van der Waals surface area (Å²) in [5.41, 5.74) is 0.355. The minimum atomic E-state index is -0.280. The van der Waals surface area contributed by atoms with Gasteiger partial charge in [0.05, 0.1) is 29.8 Å². The molecule has 1 rings (SSSR count). The van der Waals surface area contributed by atoms with Crippen LogP contribution in [-0.4, -0.2) is 42.7 Å². The van der Waals surface area contributed by atoms with E-state index in [0.717, 1.165) is 0 Å². The van der Waals surface area contributed by atoms with Crippen molar-refractivity contribution in [2.75, 3.05) is 20.8 Å². The second kappa shape index (κ2) is 6.27. The Bertz CT molecular complexity index is 428. The molecule has 0 radical (unpaired) electrons. The molecule has 1 unspecified atom stereocenters. The summed E-state index contributed by atoms with van der Waals surface area (Å²) in [6.45, 7) is 1.63. The third kappa shape index (κ3) is 3.07. The quantitative estimate of drug-likeness (QED) is 0.927. The number of aliphatic hydroxyl groups is 1. The van der Waals surface area contributed by atoms with Crippen LogP contribution in [0.5, 0.6) is 5.75 Å². The second-order valence-corrected chi connectivity index (χ2v) is 4.74. The van der Waals surface area contributed by atoms with Gasteiger partial charge in [-0.05, 0) is 19.1 Å². The molecule has 1 amide bonds. The molecule has 18 heavy (non-hydrogen) atoms. The zero-order valence-corrected chi connectivity index (χ0v) is 11.9. The average molecular weight is 292 g/mol. The highest BCUT2D eigenvalue weighted by molar-refractivity contribution is 6.37. The summed E-state index contributed by atoms with van der Waals surface area (Å²) in [5, 5.41) is 9.58. The molecule has 1 aromatic rings. The van der Waals surface area contributed by atoms with Gasteiger partial charge >= 0.3 is 0 Å². The van der Waals surface area contributed by atoms with Crippen molar-refractivity contribution in [2.24, 2.45) is 0 Å². The van der Waals surface area contributed by atoms with Gasteiger partial charge < -0.3 is 14.7 Å². The van der Waals surface area contributed by atoms with Crippen molar-refractivity contribution < 1.29 is 14.6 Å². The molecule has 0 bridgehead atoms. The van der Waals surface area contributed by atoms with Crippen LogP contribution >= 0.6 is 23.2 Å². The lowest BCUT2D eigenvalue weighted by atomic mass is 10.1. The number of ether oxygens (including phenoxy) is 1. The zero-order chi connectivity index (χ0) is 13.9. The molecule has 0 saturated heterocycles. The standard InChI is InChI=1S/C12H15Cl2NO3/c1-7(6-16)15(2)12(17)8-4-9(13)11(18-3)10(14)5-8/h4-5,7,16H,6H2,1-3H3. The first-order valence-electron chi connectivity index (χ1n) is 5.33. The van der Waals surface area contributed by atoms with E-state index >= 15 is 0 Å². The molecule has 0 saturated carbocycles. The number of hydrogen-bond acceptors (Lipinski definition) is 3. The van der Waals surface area contributed by atoms with Crippen LogP contribution in [0.25, 0.3) is 0 Å². The first-order valence-corrected chi connectivity index (χ1v) is 6.09. The smallest absolute Gasteiger partial charge is 0.254 e. The van der Waals surface area contributed by atoms with Crippen LogP contribution in [0.3, 0.4) is 0 Å². The van der Waals surface area contributed by atoms with Gasteiger partial charge in [-0.3, -0.25) is 4.79 Å². The molecule has 1 aromatic carbocycles. The molecule has 0 aliphatic rings. The van der Waals surface area contributed by atoms with E-state index in [4.69, 9.17) is 33.0 Å². The molecule has 6 heteroatoms. The second-order valence-electron chi connectivity index (χ2n) is 3.92. The molecule has 1 N–H and O–H groups in total. The first-order chi connectivity index (χ1) is 8.42. The van der Waals surface area contributed by atoms with E-state index in [9.17, 15) is 4.79 Å². The van der Waals surface area contributed by atoms with Gasteiger partial charge in [-0.25, -0.2) is 0 Å². The molecular formula is C12H15Cl2NO3. The summed E-state index contributed by atoms with van der Waals surface area (Å²) in [5.74, 6) is 0.0794. The summed E-state index contributed by atoms with van der Waals surface area (Å²) in [4.78, 5) is 13.5. The van der Waals surface area contributed by atoms with Crippen LogP contribution in [0.15, 0.2) is 12.1 Å². The zero-order valence-electron chi connectivity index (χ0n) is 10.4. The van der Waals surface area contributed by atoms with Crippen molar-refractivity contribution in [3.05, 3.63) is 27.7 Å². The van der Waals surface area contributed by atoms with E-state index in [1.54, 1.807) is 14.0 Å².